The van der Waals surface area contributed by atoms with Gasteiger partial charge in [-0.2, -0.15) is 0 Å². The number of ether oxygens (including phenoxy) is 3. The summed E-state index contributed by atoms with van der Waals surface area (Å²) in [4.78, 5) is 79.3. The molecule has 0 saturated carbocycles. The molecular formula is C33H57N5O18. The van der Waals surface area contributed by atoms with Gasteiger partial charge in [-0.1, -0.05) is 20.3 Å². The molecule has 0 aromatic carbocycles. The number of unbranched alkanes of at least 4 members (excludes halogenated alkanes) is 2. The summed E-state index contributed by atoms with van der Waals surface area (Å²) in [7, 11) is 0. The second kappa shape index (κ2) is 25.0. The van der Waals surface area contributed by atoms with Crippen molar-refractivity contribution in [2.45, 2.75) is 108 Å². The Morgan fingerprint density at radius 1 is 0.768 bits per heavy atom. The van der Waals surface area contributed by atoms with E-state index in [0.29, 0.717) is 24.3 Å². The van der Waals surface area contributed by atoms with Crippen LogP contribution in [-0.2, 0) is 47.8 Å². The molecule has 5 amide bonds. The minimum atomic E-state index is -1.89. The molecule has 2 saturated heterocycles. The fourth-order valence-electron chi connectivity index (χ4n) is 5.35. The number of amides is 5. The molecule has 0 unspecified atom stereocenters. The van der Waals surface area contributed by atoms with Crippen molar-refractivity contribution in [1.82, 2.24) is 25.9 Å². The van der Waals surface area contributed by atoms with Crippen LogP contribution in [0.5, 0.6) is 0 Å². The number of aliphatic hydroxyl groups excluding tert-OH is 8. The summed E-state index contributed by atoms with van der Waals surface area (Å²) in [6.07, 6.45) is -13.1. The number of hydrogen-bond donors (Lipinski definition) is 11. The van der Waals surface area contributed by atoms with Crippen LogP contribution in [0, 0.1) is 5.92 Å². The van der Waals surface area contributed by atoms with Crippen LogP contribution in [0.25, 0.3) is 0 Å². The van der Waals surface area contributed by atoms with Crippen molar-refractivity contribution in [3.8, 4) is 0 Å². The molecule has 0 bridgehead atoms. The molecule has 0 aliphatic carbocycles. The highest BCUT2D eigenvalue weighted by molar-refractivity contribution is 6.01. The second-order valence-corrected chi connectivity index (χ2v) is 13.6. The Bertz CT molecular complexity index is 1260. The second-order valence-electron chi connectivity index (χ2n) is 13.6. The van der Waals surface area contributed by atoms with E-state index in [9.17, 15) is 69.6 Å². The molecule has 0 spiro atoms. The number of rotatable bonds is 26. The Hall–Kier alpha value is -3.46. The molecule has 2 rings (SSSR count). The van der Waals surface area contributed by atoms with E-state index >= 15 is 0 Å². The lowest BCUT2D eigenvalue weighted by atomic mass is 9.98. The average molecular weight is 812 g/mol. The van der Waals surface area contributed by atoms with Gasteiger partial charge >= 0.3 is 5.97 Å². The molecule has 2 aliphatic rings. The smallest absolute Gasteiger partial charge is 0.333 e. The molecule has 0 radical (unpaired) electrons. The summed E-state index contributed by atoms with van der Waals surface area (Å²) in [5.74, 6) is -4.19. The maximum atomic E-state index is 12.8. The Morgan fingerprint density at radius 3 is 1.88 bits per heavy atom. The molecule has 56 heavy (non-hydrogen) atoms. The van der Waals surface area contributed by atoms with Gasteiger partial charge in [0, 0.05) is 38.9 Å². The molecule has 0 aromatic heterocycles. The van der Waals surface area contributed by atoms with E-state index in [1.807, 2.05) is 0 Å². The van der Waals surface area contributed by atoms with E-state index in [1.165, 1.54) is 4.90 Å². The van der Waals surface area contributed by atoms with Gasteiger partial charge in [0.1, 0.15) is 36.6 Å². The fourth-order valence-corrected chi connectivity index (χ4v) is 5.35. The Kier molecular flexibility index (Phi) is 21.8. The average Bonchev–Trinajstić information content (AvgIpc) is 3.47. The number of nitrogens with zero attached hydrogens (tertiary/aromatic N) is 2. The highest BCUT2D eigenvalue weighted by Crippen LogP contribution is 2.22. The monoisotopic (exact) mass is 811 g/mol. The first kappa shape index (κ1) is 48.7. The lowest BCUT2D eigenvalue weighted by Gasteiger charge is -2.39. The van der Waals surface area contributed by atoms with Gasteiger partial charge in [0.05, 0.1) is 45.6 Å². The van der Waals surface area contributed by atoms with Crippen LogP contribution in [0.2, 0.25) is 0 Å². The van der Waals surface area contributed by atoms with E-state index in [-0.39, 0.29) is 52.1 Å². The molecule has 11 N–H and O–H groups in total. The Morgan fingerprint density at radius 2 is 1.32 bits per heavy atom. The zero-order chi connectivity index (χ0) is 41.9. The summed E-state index contributed by atoms with van der Waals surface area (Å²) < 4.78 is 15.6. The Balaban J connectivity index is 1.83. The van der Waals surface area contributed by atoms with Crippen molar-refractivity contribution >= 4 is 35.5 Å². The van der Waals surface area contributed by atoms with E-state index in [2.05, 4.69) is 16.0 Å². The van der Waals surface area contributed by atoms with E-state index in [1.54, 1.807) is 13.8 Å². The third kappa shape index (κ3) is 16.6. The number of aliphatic hydroxyl groups is 8. The quantitative estimate of drug-likeness (QED) is 0.0220. The maximum absolute atomic E-state index is 12.8. The molecule has 2 aliphatic heterocycles. The molecule has 23 heteroatoms. The first-order valence-corrected chi connectivity index (χ1v) is 18.3. The number of hydroxylamine groups is 2. The summed E-state index contributed by atoms with van der Waals surface area (Å²) in [6.45, 7) is 0.479. The first-order chi connectivity index (χ1) is 26.5. The summed E-state index contributed by atoms with van der Waals surface area (Å²) in [6, 6.07) is 0. The van der Waals surface area contributed by atoms with Gasteiger partial charge in [-0.05, 0) is 18.8 Å². The molecule has 2 heterocycles. The lowest BCUT2D eigenvalue weighted by molar-refractivity contribution is -0.300. The zero-order valence-corrected chi connectivity index (χ0v) is 31.4. The molecule has 0 aromatic rings. The highest BCUT2D eigenvalue weighted by Gasteiger charge is 2.44. The first-order valence-electron chi connectivity index (χ1n) is 18.3. The van der Waals surface area contributed by atoms with Crippen molar-refractivity contribution in [2.24, 2.45) is 5.92 Å². The van der Waals surface area contributed by atoms with Crippen molar-refractivity contribution < 1.29 is 88.7 Å². The molecular weight excluding hydrogens is 754 g/mol. The maximum Gasteiger partial charge on any atom is 0.333 e. The number of nitrogens with one attached hydrogen (secondary N) is 3. The summed E-state index contributed by atoms with van der Waals surface area (Å²) in [5, 5.41) is 87.2. The molecule has 9 atom stereocenters. The van der Waals surface area contributed by atoms with Crippen LogP contribution in [0.4, 0.5) is 0 Å². The van der Waals surface area contributed by atoms with Gasteiger partial charge in [-0.25, -0.2) is 4.79 Å². The van der Waals surface area contributed by atoms with Crippen LogP contribution >= 0.6 is 0 Å². The number of carbonyl (C=O) groups excluding carboxylic acids is 6. The lowest BCUT2D eigenvalue weighted by Crippen LogP contribution is -2.59. The van der Waals surface area contributed by atoms with Crippen molar-refractivity contribution in [3.63, 3.8) is 0 Å². The van der Waals surface area contributed by atoms with Gasteiger partial charge in [0.2, 0.25) is 17.7 Å². The number of carbonyl (C=O) groups is 6. The van der Waals surface area contributed by atoms with Gasteiger partial charge in [0.15, 0.2) is 12.6 Å². The summed E-state index contributed by atoms with van der Waals surface area (Å²) in [5.41, 5.74) is 0. The normalized spacial score (nSPS) is 23.5. The fraction of sp³-hybridized carbons (Fsp3) is 0.818. The van der Waals surface area contributed by atoms with Gasteiger partial charge in [0.25, 0.3) is 11.8 Å². The van der Waals surface area contributed by atoms with E-state index in [0.717, 1.165) is 0 Å². The third-order valence-corrected chi connectivity index (χ3v) is 8.62. The number of imide groups is 1. The predicted molar refractivity (Wildman–Crippen MR) is 186 cm³/mol. The SMILES string of the molecule is CC(C)[C@@H](O)[C@@H](O)[C@H](O)[C@@H](O)OCCNC(=O)CN(CC(=O)NCCCCCC(=O)ON1C(=O)CCC1=O)CC(=O)NCCO[C@H]1O[C@H](CO)[C@@H](O)[C@H](O)[C@@H]1O. The predicted octanol–water partition coefficient (Wildman–Crippen LogP) is -6.31. The van der Waals surface area contributed by atoms with Crippen molar-refractivity contribution in [1.29, 1.82) is 0 Å². The summed E-state index contributed by atoms with van der Waals surface area (Å²) >= 11 is 0. The van der Waals surface area contributed by atoms with Crippen LogP contribution in [0.15, 0.2) is 0 Å². The minimum absolute atomic E-state index is 0.0218. The topological polar surface area (TPSA) is 344 Å². The minimum Gasteiger partial charge on any atom is -0.394 e. The van der Waals surface area contributed by atoms with Gasteiger partial charge < -0.3 is 75.9 Å². The van der Waals surface area contributed by atoms with Crippen LogP contribution < -0.4 is 16.0 Å². The molecule has 2 fully saturated rings. The van der Waals surface area contributed by atoms with Crippen LogP contribution in [0.3, 0.4) is 0 Å². The van der Waals surface area contributed by atoms with E-state index < -0.39 is 123 Å². The van der Waals surface area contributed by atoms with Gasteiger partial charge in [-0.15, -0.1) is 5.06 Å². The Labute approximate surface area is 322 Å². The largest absolute Gasteiger partial charge is 0.394 e. The van der Waals surface area contributed by atoms with Gasteiger partial charge in [-0.3, -0.25) is 28.9 Å². The number of hydrogen-bond acceptors (Lipinski definition) is 19. The zero-order valence-electron chi connectivity index (χ0n) is 31.4. The van der Waals surface area contributed by atoms with Crippen LogP contribution in [0.1, 0.15) is 52.4 Å². The standard InChI is InChI=1S/C33H57N5O18/c1-18(2)26(46)28(48)30(50)32(52)53-12-10-35-21(41)15-37(16-22(42)36-11-13-54-33-31(51)29(49)27(47)19(17-39)55-33)14-20(40)34-9-5-3-4-6-25(45)56-38-23(43)7-8-24(38)44/h18-19,26-33,39,46-52H,3-17H2,1-2H3,(H,34,40)(H,35,41)(H,36,42)/t19-,26-,27-,28-,29+,30+,31+,32+,33+/m1/s1. The molecule has 322 valence electrons. The van der Waals surface area contributed by atoms with Crippen molar-refractivity contribution in [2.75, 3.05) is 59.1 Å². The third-order valence-electron chi connectivity index (χ3n) is 8.62. The molecule has 23 nitrogen and oxygen atoms in total. The van der Waals surface area contributed by atoms with Crippen molar-refractivity contribution in [3.05, 3.63) is 0 Å². The highest BCUT2D eigenvalue weighted by atomic mass is 16.7. The van der Waals surface area contributed by atoms with E-state index in [4.69, 9.17) is 19.0 Å². The van der Waals surface area contributed by atoms with Crippen LogP contribution in [-0.4, -0.2) is 201 Å².